The van der Waals surface area contributed by atoms with E-state index < -0.39 is 0 Å². The van der Waals surface area contributed by atoms with Crippen LogP contribution in [0.5, 0.6) is 5.75 Å². The molecule has 0 atom stereocenters. The third kappa shape index (κ3) is 2.56. The van der Waals surface area contributed by atoms with Crippen LogP contribution in [0.15, 0.2) is 30.5 Å². The topological polar surface area (TPSA) is 42.4 Å². The van der Waals surface area contributed by atoms with Crippen molar-refractivity contribution < 1.29 is 9.53 Å². The lowest BCUT2D eigenvalue weighted by atomic mass is 10.2. The van der Waals surface area contributed by atoms with E-state index in [1.54, 1.807) is 6.20 Å². The number of nitrogens with zero attached hydrogens (tertiary/aromatic N) is 2. The van der Waals surface area contributed by atoms with Gasteiger partial charge in [0, 0.05) is 24.5 Å². The summed E-state index contributed by atoms with van der Waals surface area (Å²) in [5.41, 5.74) is 0.757. The predicted octanol–water partition coefficient (Wildman–Crippen LogP) is 2.89. The second kappa shape index (κ2) is 5.67. The molecule has 0 radical (unpaired) electrons. The molecule has 2 aromatic rings. The Labute approximate surface area is 122 Å². The molecule has 1 aromatic heterocycles. The average Bonchev–Trinajstić information content (AvgIpc) is 2.87. The van der Waals surface area contributed by atoms with Crippen LogP contribution in [0.2, 0.25) is 5.02 Å². The van der Waals surface area contributed by atoms with Gasteiger partial charge in [0.1, 0.15) is 17.9 Å². The summed E-state index contributed by atoms with van der Waals surface area (Å²) in [7, 11) is 0. The number of fused-ring (bicyclic) bond motifs is 1. The van der Waals surface area contributed by atoms with Crippen LogP contribution < -0.4 is 4.74 Å². The van der Waals surface area contributed by atoms with Gasteiger partial charge in [-0.3, -0.25) is 9.78 Å². The first-order chi connectivity index (χ1) is 9.75. The molecule has 0 spiro atoms. The Hall–Kier alpha value is -1.81. The van der Waals surface area contributed by atoms with Crippen LogP contribution in [-0.2, 0) is 4.79 Å². The number of aromatic nitrogens is 1. The summed E-state index contributed by atoms with van der Waals surface area (Å²) in [4.78, 5) is 17.7. The van der Waals surface area contributed by atoms with Gasteiger partial charge in [0.05, 0.1) is 11.6 Å². The highest BCUT2D eigenvalue weighted by molar-refractivity contribution is 6.35. The molecule has 104 valence electrons. The fourth-order valence-corrected chi connectivity index (χ4v) is 2.65. The van der Waals surface area contributed by atoms with E-state index in [2.05, 4.69) is 4.98 Å². The van der Waals surface area contributed by atoms with Gasteiger partial charge < -0.3 is 9.64 Å². The zero-order valence-corrected chi connectivity index (χ0v) is 11.8. The van der Waals surface area contributed by atoms with E-state index in [1.807, 2.05) is 29.2 Å². The van der Waals surface area contributed by atoms with Gasteiger partial charge in [-0.2, -0.15) is 0 Å². The van der Waals surface area contributed by atoms with Crippen molar-refractivity contribution in [1.29, 1.82) is 0 Å². The minimum absolute atomic E-state index is 0.215. The predicted molar refractivity (Wildman–Crippen MR) is 78.1 cm³/mol. The molecule has 1 amide bonds. The Bertz CT molecular complexity index is 645. The molecule has 1 fully saturated rings. The van der Waals surface area contributed by atoms with Gasteiger partial charge in [-0.25, -0.2) is 0 Å². The molecule has 0 N–H and O–H groups in total. The maximum atomic E-state index is 11.5. The summed E-state index contributed by atoms with van der Waals surface area (Å²) in [6.07, 6.45) is 3.32. The number of hydrogen-bond acceptors (Lipinski definition) is 3. The fourth-order valence-electron chi connectivity index (χ4n) is 2.43. The summed E-state index contributed by atoms with van der Waals surface area (Å²) in [6.45, 7) is 1.93. The molecule has 1 saturated heterocycles. The molecular formula is C15H15ClN2O2. The zero-order chi connectivity index (χ0) is 13.9. The van der Waals surface area contributed by atoms with Gasteiger partial charge in [0.15, 0.2) is 0 Å². The number of halogens is 1. The molecule has 1 aliphatic heterocycles. The van der Waals surface area contributed by atoms with E-state index in [9.17, 15) is 4.79 Å². The Balaban J connectivity index is 1.71. The lowest BCUT2D eigenvalue weighted by molar-refractivity contribution is -0.128. The lowest BCUT2D eigenvalue weighted by Gasteiger charge is -2.16. The number of rotatable bonds is 4. The third-order valence-corrected chi connectivity index (χ3v) is 3.80. The highest BCUT2D eigenvalue weighted by Gasteiger charge is 2.19. The molecule has 1 aliphatic rings. The van der Waals surface area contributed by atoms with E-state index in [0.717, 1.165) is 23.9 Å². The minimum atomic E-state index is 0.215. The normalized spacial score (nSPS) is 15.1. The summed E-state index contributed by atoms with van der Waals surface area (Å²) in [5.74, 6) is 0.921. The molecular weight excluding hydrogens is 276 g/mol. The lowest BCUT2D eigenvalue weighted by Crippen LogP contribution is -2.29. The Morgan fingerprint density at radius 1 is 1.35 bits per heavy atom. The van der Waals surface area contributed by atoms with E-state index in [0.29, 0.717) is 30.3 Å². The standard InChI is InChI=1S/C15H15ClN2O2/c16-12-5-6-13(15-11(12)3-1-7-17-15)20-10-9-18-8-2-4-14(18)19/h1,3,5-7H,2,4,8-10H2. The molecule has 1 aromatic carbocycles. The number of benzene rings is 1. The van der Waals surface area contributed by atoms with Crippen molar-refractivity contribution in [3.05, 3.63) is 35.5 Å². The average molecular weight is 291 g/mol. The minimum Gasteiger partial charge on any atom is -0.489 e. The monoisotopic (exact) mass is 290 g/mol. The van der Waals surface area contributed by atoms with Crippen molar-refractivity contribution in [2.24, 2.45) is 0 Å². The van der Waals surface area contributed by atoms with Crippen molar-refractivity contribution >= 4 is 28.4 Å². The molecule has 0 unspecified atom stereocenters. The Morgan fingerprint density at radius 2 is 2.25 bits per heavy atom. The van der Waals surface area contributed by atoms with Crippen molar-refractivity contribution in [1.82, 2.24) is 9.88 Å². The van der Waals surface area contributed by atoms with Gasteiger partial charge in [-0.05, 0) is 30.7 Å². The number of carbonyl (C=O) groups is 1. The van der Waals surface area contributed by atoms with E-state index in [1.165, 1.54) is 0 Å². The maximum Gasteiger partial charge on any atom is 0.222 e. The number of carbonyl (C=O) groups excluding carboxylic acids is 1. The van der Waals surface area contributed by atoms with Crippen molar-refractivity contribution in [3.8, 4) is 5.75 Å². The fraction of sp³-hybridized carbons (Fsp3) is 0.333. The summed E-state index contributed by atoms with van der Waals surface area (Å²) in [5, 5.41) is 1.54. The van der Waals surface area contributed by atoms with Gasteiger partial charge in [-0.15, -0.1) is 0 Å². The second-order valence-electron chi connectivity index (χ2n) is 4.78. The number of amides is 1. The molecule has 5 heteroatoms. The first-order valence-corrected chi connectivity index (χ1v) is 7.07. The van der Waals surface area contributed by atoms with Crippen LogP contribution >= 0.6 is 11.6 Å². The summed E-state index contributed by atoms with van der Waals surface area (Å²) >= 11 is 6.14. The smallest absolute Gasteiger partial charge is 0.222 e. The molecule has 0 aliphatic carbocycles. The Kier molecular flexibility index (Phi) is 3.74. The van der Waals surface area contributed by atoms with Gasteiger partial charge in [0.25, 0.3) is 0 Å². The second-order valence-corrected chi connectivity index (χ2v) is 5.19. The number of hydrogen-bond donors (Lipinski definition) is 0. The molecule has 20 heavy (non-hydrogen) atoms. The van der Waals surface area contributed by atoms with Crippen LogP contribution in [-0.4, -0.2) is 35.5 Å². The van der Waals surface area contributed by atoms with Gasteiger partial charge >= 0.3 is 0 Å². The summed E-state index contributed by atoms with van der Waals surface area (Å²) in [6, 6.07) is 7.40. The maximum absolute atomic E-state index is 11.5. The molecule has 2 heterocycles. The van der Waals surface area contributed by atoms with Crippen LogP contribution in [0.25, 0.3) is 10.9 Å². The highest BCUT2D eigenvalue weighted by Crippen LogP contribution is 2.29. The van der Waals surface area contributed by atoms with Crippen molar-refractivity contribution in [3.63, 3.8) is 0 Å². The number of ether oxygens (including phenoxy) is 1. The SMILES string of the molecule is O=C1CCCN1CCOc1ccc(Cl)c2cccnc12. The van der Waals surface area contributed by atoms with E-state index in [4.69, 9.17) is 16.3 Å². The largest absolute Gasteiger partial charge is 0.489 e. The molecule has 0 bridgehead atoms. The Morgan fingerprint density at radius 3 is 3.05 bits per heavy atom. The number of pyridine rings is 1. The van der Waals surface area contributed by atoms with Crippen LogP contribution in [0.3, 0.4) is 0 Å². The van der Waals surface area contributed by atoms with Crippen LogP contribution in [0, 0.1) is 0 Å². The highest BCUT2D eigenvalue weighted by atomic mass is 35.5. The van der Waals surface area contributed by atoms with Gasteiger partial charge in [0.2, 0.25) is 5.91 Å². The molecule has 3 rings (SSSR count). The third-order valence-electron chi connectivity index (χ3n) is 3.47. The van der Waals surface area contributed by atoms with Crippen LogP contribution in [0.4, 0.5) is 0 Å². The van der Waals surface area contributed by atoms with Crippen molar-refractivity contribution in [2.75, 3.05) is 19.7 Å². The first-order valence-electron chi connectivity index (χ1n) is 6.69. The molecule has 4 nitrogen and oxygen atoms in total. The van der Waals surface area contributed by atoms with Crippen LogP contribution in [0.1, 0.15) is 12.8 Å². The van der Waals surface area contributed by atoms with E-state index in [-0.39, 0.29) is 5.91 Å². The quantitative estimate of drug-likeness (QED) is 0.869. The van der Waals surface area contributed by atoms with Crippen molar-refractivity contribution in [2.45, 2.75) is 12.8 Å². The number of likely N-dealkylation sites (tertiary alicyclic amines) is 1. The first kappa shape index (κ1) is 13.2. The summed E-state index contributed by atoms with van der Waals surface area (Å²) < 4.78 is 5.77. The van der Waals surface area contributed by atoms with Gasteiger partial charge in [-0.1, -0.05) is 11.6 Å². The molecule has 0 saturated carbocycles. The zero-order valence-electron chi connectivity index (χ0n) is 11.0. The van der Waals surface area contributed by atoms with E-state index >= 15 is 0 Å².